The maximum Gasteiger partial charge on any atom is 0.260 e. The van der Waals surface area contributed by atoms with Crippen molar-refractivity contribution < 1.29 is 8.42 Å². The van der Waals surface area contributed by atoms with Crippen molar-refractivity contribution in [2.45, 2.75) is 11.4 Å². The molecule has 1 fully saturated rings. The number of hydrogen-bond acceptors (Lipinski definition) is 4. The van der Waals surface area contributed by atoms with E-state index >= 15 is 0 Å². The van der Waals surface area contributed by atoms with Crippen molar-refractivity contribution in [3.05, 3.63) is 12.5 Å². The predicted octanol–water partition coefficient (Wildman–Crippen LogP) is -0.185. The van der Waals surface area contributed by atoms with Crippen LogP contribution in [0.5, 0.6) is 0 Å². The van der Waals surface area contributed by atoms with Crippen LogP contribution in [0.2, 0.25) is 0 Å². The highest BCUT2D eigenvalue weighted by atomic mass is 35.5. The van der Waals surface area contributed by atoms with Crippen molar-refractivity contribution in [1.29, 1.82) is 0 Å². The van der Waals surface area contributed by atoms with Crippen LogP contribution < -0.4 is 5.32 Å². The first-order valence-electron chi connectivity index (χ1n) is 4.90. The van der Waals surface area contributed by atoms with Crippen LogP contribution in [0.3, 0.4) is 0 Å². The lowest BCUT2D eigenvalue weighted by atomic mass is 10.4. The summed E-state index contributed by atoms with van der Waals surface area (Å²) in [5.74, 6) is 0. The van der Waals surface area contributed by atoms with Gasteiger partial charge in [-0.25, -0.2) is 13.4 Å². The molecule has 1 aliphatic heterocycles. The highest BCUT2D eigenvalue weighted by molar-refractivity contribution is 7.89. The Morgan fingerprint density at radius 3 is 2.81 bits per heavy atom. The van der Waals surface area contributed by atoms with Crippen molar-refractivity contribution in [1.82, 2.24) is 19.6 Å². The van der Waals surface area contributed by atoms with Gasteiger partial charge in [0.05, 0.1) is 12.5 Å². The second-order valence-corrected chi connectivity index (χ2v) is 5.33. The Hall–Kier alpha value is -0.630. The van der Waals surface area contributed by atoms with Crippen LogP contribution >= 0.6 is 12.4 Å². The predicted molar refractivity (Wildman–Crippen MR) is 62.1 cm³/mol. The second kappa shape index (κ2) is 5.62. The maximum absolute atomic E-state index is 12.0. The lowest BCUT2D eigenvalue weighted by Crippen LogP contribution is -2.34. The molecule has 0 radical (unpaired) electrons. The third kappa shape index (κ3) is 2.73. The zero-order valence-electron chi connectivity index (χ0n) is 8.72. The van der Waals surface area contributed by atoms with E-state index in [4.69, 9.17) is 0 Å². The monoisotopic (exact) mass is 266 g/mol. The van der Waals surface area contributed by atoms with Gasteiger partial charge in [-0.05, 0) is 13.0 Å². The van der Waals surface area contributed by atoms with Gasteiger partial charge in [-0.15, -0.1) is 12.4 Å². The molecule has 0 bridgehead atoms. The molecule has 2 heterocycles. The molecule has 0 atom stereocenters. The number of H-pyrrole nitrogens is 1. The van der Waals surface area contributed by atoms with E-state index in [1.165, 1.54) is 16.8 Å². The van der Waals surface area contributed by atoms with E-state index in [0.29, 0.717) is 19.6 Å². The van der Waals surface area contributed by atoms with Crippen molar-refractivity contribution >= 4 is 22.4 Å². The van der Waals surface area contributed by atoms with E-state index in [9.17, 15) is 8.42 Å². The van der Waals surface area contributed by atoms with Gasteiger partial charge in [0.25, 0.3) is 10.0 Å². The summed E-state index contributed by atoms with van der Waals surface area (Å²) in [4.78, 5) is 6.36. The van der Waals surface area contributed by atoms with Gasteiger partial charge in [0.2, 0.25) is 0 Å². The Morgan fingerprint density at radius 2 is 2.12 bits per heavy atom. The molecular formula is C8H15ClN4O2S. The summed E-state index contributed by atoms with van der Waals surface area (Å²) >= 11 is 0. The Morgan fingerprint density at radius 1 is 1.31 bits per heavy atom. The largest absolute Gasteiger partial charge is 0.335 e. The molecule has 16 heavy (non-hydrogen) atoms. The number of halogens is 1. The lowest BCUT2D eigenvalue weighted by Gasteiger charge is -2.17. The molecule has 0 saturated carbocycles. The Labute approximate surface area is 101 Å². The average Bonchev–Trinajstić information content (AvgIpc) is 2.61. The lowest BCUT2D eigenvalue weighted by molar-refractivity contribution is 0.430. The minimum atomic E-state index is -3.37. The van der Waals surface area contributed by atoms with Crippen LogP contribution in [-0.2, 0) is 10.0 Å². The van der Waals surface area contributed by atoms with E-state index in [-0.39, 0.29) is 17.4 Å². The smallest absolute Gasteiger partial charge is 0.260 e. The van der Waals surface area contributed by atoms with Crippen molar-refractivity contribution in [2.75, 3.05) is 26.2 Å². The van der Waals surface area contributed by atoms with Gasteiger partial charge in [-0.2, -0.15) is 4.31 Å². The third-order valence-electron chi connectivity index (χ3n) is 2.39. The maximum atomic E-state index is 12.0. The molecule has 0 aromatic carbocycles. The molecule has 0 aliphatic carbocycles. The number of nitrogens with one attached hydrogen (secondary N) is 2. The number of aromatic amines is 1. The summed E-state index contributed by atoms with van der Waals surface area (Å²) in [7, 11) is -3.37. The van der Waals surface area contributed by atoms with E-state index in [2.05, 4.69) is 15.3 Å². The van der Waals surface area contributed by atoms with Gasteiger partial charge in [-0.1, -0.05) is 0 Å². The summed E-state index contributed by atoms with van der Waals surface area (Å²) in [6.45, 7) is 2.65. The fourth-order valence-corrected chi connectivity index (χ4v) is 2.96. The number of hydrogen-bond donors (Lipinski definition) is 2. The van der Waals surface area contributed by atoms with Crippen LogP contribution in [0.15, 0.2) is 17.6 Å². The minimum Gasteiger partial charge on any atom is -0.335 e. The zero-order chi connectivity index (χ0) is 10.7. The highest BCUT2D eigenvalue weighted by Crippen LogP contribution is 2.12. The highest BCUT2D eigenvalue weighted by Gasteiger charge is 2.25. The standard InChI is InChI=1S/C8H14N4O2S.ClH/c13-15(14,8-6-10-7-11-8)12-4-1-2-9-3-5-12;/h6-7,9H,1-5H2,(H,10,11);1H. The molecule has 1 aliphatic rings. The normalized spacial score (nSPS) is 18.8. The van der Waals surface area contributed by atoms with Crippen LogP contribution in [0.25, 0.3) is 0 Å². The van der Waals surface area contributed by atoms with E-state index in [0.717, 1.165) is 13.0 Å². The van der Waals surface area contributed by atoms with E-state index < -0.39 is 10.0 Å². The summed E-state index contributed by atoms with van der Waals surface area (Å²) in [5.41, 5.74) is 0. The molecule has 1 aromatic rings. The molecule has 8 heteroatoms. The van der Waals surface area contributed by atoms with E-state index in [1.807, 2.05) is 0 Å². The van der Waals surface area contributed by atoms with Gasteiger partial charge in [0, 0.05) is 19.6 Å². The summed E-state index contributed by atoms with van der Waals surface area (Å²) in [6, 6.07) is 0. The molecule has 0 unspecified atom stereocenters. The van der Waals surface area contributed by atoms with Crippen molar-refractivity contribution in [3.63, 3.8) is 0 Å². The molecule has 92 valence electrons. The van der Waals surface area contributed by atoms with Crippen LogP contribution in [0.4, 0.5) is 0 Å². The van der Waals surface area contributed by atoms with Crippen LogP contribution in [0, 0.1) is 0 Å². The number of nitrogens with zero attached hydrogens (tertiary/aromatic N) is 2. The Kier molecular flexibility index (Phi) is 4.72. The Bertz CT molecular complexity index is 398. The SMILES string of the molecule is Cl.O=S(=O)(c1cnc[nH]1)N1CCCNCC1. The van der Waals surface area contributed by atoms with Crippen molar-refractivity contribution in [3.8, 4) is 0 Å². The van der Waals surface area contributed by atoms with Gasteiger partial charge >= 0.3 is 0 Å². The van der Waals surface area contributed by atoms with E-state index in [1.54, 1.807) is 0 Å². The fraction of sp³-hybridized carbons (Fsp3) is 0.625. The molecule has 1 aromatic heterocycles. The van der Waals surface area contributed by atoms with Gasteiger partial charge < -0.3 is 10.3 Å². The fourth-order valence-electron chi connectivity index (χ4n) is 1.58. The van der Waals surface area contributed by atoms with Gasteiger partial charge in [0.1, 0.15) is 0 Å². The first-order chi connectivity index (χ1) is 7.21. The molecular weight excluding hydrogens is 252 g/mol. The number of imidazole rings is 1. The topological polar surface area (TPSA) is 78.1 Å². The second-order valence-electron chi connectivity index (χ2n) is 3.42. The average molecular weight is 267 g/mol. The van der Waals surface area contributed by atoms with Gasteiger partial charge in [-0.3, -0.25) is 0 Å². The first kappa shape index (κ1) is 13.4. The van der Waals surface area contributed by atoms with Crippen molar-refractivity contribution in [2.24, 2.45) is 0 Å². The van der Waals surface area contributed by atoms with Crippen LogP contribution in [0.1, 0.15) is 6.42 Å². The molecule has 2 rings (SSSR count). The molecule has 6 nitrogen and oxygen atoms in total. The van der Waals surface area contributed by atoms with Gasteiger partial charge in [0.15, 0.2) is 5.03 Å². The number of sulfonamides is 1. The minimum absolute atomic E-state index is 0. The Balaban J connectivity index is 0.00000128. The zero-order valence-corrected chi connectivity index (χ0v) is 10.4. The molecule has 0 spiro atoms. The third-order valence-corrected chi connectivity index (χ3v) is 4.21. The summed E-state index contributed by atoms with van der Waals surface area (Å²) < 4.78 is 25.5. The number of rotatable bonds is 2. The quantitative estimate of drug-likeness (QED) is 0.778. The summed E-state index contributed by atoms with van der Waals surface area (Å²) in [6.07, 6.45) is 3.56. The summed E-state index contributed by atoms with van der Waals surface area (Å²) in [5, 5.41) is 3.33. The molecule has 1 saturated heterocycles. The first-order valence-corrected chi connectivity index (χ1v) is 6.34. The molecule has 2 N–H and O–H groups in total. The molecule has 0 amide bonds. The van der Waals surface area contributed by atoms with Crippen LogP contribution in [-0.4, -0.2) is 48.9 Å². The number of aromatic nitrogens is 2.